The van der Waals surface area contributed by atoms with E-state index >= 15 is 0 Å². The number of allylic oxidation sites excluding steroid dienone is 3. The first kappa shape index (κ1) is 17.1. The van der Waals surface area contributed by atoms with Gasteiger partial charge in [-0.2, -0.15) is 18.4 Å². The molecule has 1 rings (SSSR count). The van der Waals surface area contributed by atoms with Gasteiger partial charge in [0.25, 0.3) is 0 Å². The Kier molecular flexibility index (Phi) is 5.79. The molecule has 0 saturated heterocycles. The van der Waals surface area contributed by atoms with Crippen molar-refractivity contribution < 1.29 is 17.9 Å². The highest BCUT2D eigenvalue weighted by molar-refractivity contribution is 9.08. The molecule has 0 spiro atoms. The van der Waals surface area contributed by atoms with E-state index in [0.29, 0.717) is 5.33 Å². The maximum atomic E-state index is 12.4. The Balaban J connectivity index is 3.08. The van der Waals surface area contributed by atoms with E-state index in [4.69, 9.17) is 10.00 Å². The van der Waals surface area contributed by atoms with Crippen LogP contribution in [0.1, 0.15) is 11.1 Å². The van der Waals surface area contributed by atoms with Crippen LogP contribution in [0.5, 0.6) is 5.75 Å². The standard InChI is InChI=1S/C15H11BrF3NO/c1-3-13(6-10(2)15(17,18)19)21-14-5-4-11(8-16)7-12(14)9-20/h3-7H,1-2,8H2/b13-6+. The Morgan fingerprint density at radius 2 is 2.10 bits per heavy atom. The predicted molar refractivity (Wildman–Crippen MR) is 77.9 cm³/mol. The van der Waals surface area contributed by atoms with Crippen LogP contribution in [0.3, 0.4) is 0 Å². The number of hydrogen-bond acceptors (Lipinski definition) is 2. The fourth-order valence-electron chi connectivity index (χ4n) is 1.35. The minimum Gasteiger partial charge on any atom is -0.456 e. The third-order valence-corrected chi connectivity index (χ3v) is 3.08. The Morgan fingerprint density at radius 1 is 1.43 bits per heavy atom. The number of benzene rings is 1. The smallest absolute Gasteiger partial charge is 0.415 e. The maximum absolute atomic E-state index is 12.4. The molecule has 0 fully saturated rings. The van der Waals surface area contributed by atoms with E-state index < -0.39 is 11.7 Å². The fraction of sp³-hybridized carbons (Fsp3) is 0.133. The predicted octanol–water partition coefficient (Wildman–Crippen LogP) is 5.02. The summed E-state index contributed by atoms with van der Waals surface area (Å²) in [7, 11) is 0. The summed E-state index contributed by atoms with van der Waals surface area (Å²) in [5, 5.41) is 9.60. The Labute approximate surface area is 129 Å². The van der Waals surface area contributed by atoms with Crippen molar-refractivity contribution in [2.24, 2.45) is 0 Å². The third-order valence-electron chi connectivity index (χ3n) is 2.43. The van der Waals surface area contributed by atoms with E-state index in [1.54, 1.807) is 12.1 Å². The molecule has 0 saturated carbocycles. The van der Waals surface area contributed by atoms with Crippen LogP contribution in [-0.2, 0) is 5.33 Å². The summed E-state index contributed by atoms with van der Waals surface area (Å²) >= 11 is 3.25. The lowest BCUT2D eigenvalue weighted by atomic mass is 10.1. The number of ether oxygens (including phenoxy) is 1. The van der Waals surface area contributed by atoms with Crippen molar-refractivity contribution in [3.8, 4) is 11.8 Å². The van der Waals surface area contributed by atoms with Crippen LogP contribution in [0, 0.1) is 11.3 Å². The van der Waals surface area contributed by atoms with Gasteiger partial charge < -0.3 is 4.74 Å². The molecule has 0 unspecified atom stereocenters. The minimum absolute atomic E-state index is 0.139. The molecule has 0 amide bonds. The highest BCUT2D eigenvalue weighted by atomic mass is 79.9. The molecule has 6 heteroatoms. The van der Waals surface area contributed by atoms with Crippen molar-refractivity contribution in [3.63, 3.8) is 0 Å². The number of nitrogens with zero attached hydrogens (tertiary/aromatic N) is 1. The summed E-state index contributed by atoms with van der Waals surface area (Å²) in [5.74, 6) is 0.0174. The first-order valence-electron chi connectivity index (χ1n) is 5.69. The molecule has 0 aliphatic heterocycles. The quantitative estimate of drug-likeness (QED) is 0.421. The van der Waals surface area contributed by atoms with Crippen molar-refractivity contribution in [1.29, 1.82) is 5.26 Å². The average molecular weight is 358 g/mol. The summed E-state index contributed by atoms with van der Waals surface area (Å²) in [5.41, 5.74) is 0.00745. The second kappa shape index (κ2) is 7.14. The van der Waals surface area contributed by atoms with E-state index in [2.05, 4.69) is 29.1 Å². The van der Waals surface area contributed by atoms with Crippen LogP contribution in [0.4, 0.5) is 13.2 Å². The normalized spacial score (nSPS) is 11.7. The molecule has 0 radical (unpaired) electrons. The van der Waals surface area contributed by atoms with Crippen LogP contribution < -0.4 is 4.74 Å². The Morgan fingerprint density at radius 3 is 2.57 bits per heavy atom. The zero-order valence-corrected chi connectivity index (χ0v) is 12.5. The zero-order valence-electron chi connectivity index (χ0n) is 10.9. The number of halogens is 4. The third kappa shape index (κ3) is 4.80. The number of alkyl halides is 4. The summed E-state index contributed by atoms with van der Waals surface area (Å²) in [6.45, 7) is 6.31. The van der Waals surface area contributed by atoms with Crippen molar-refractivity contribution in [1.82, 2.24) is 0 Å². The lowest BCUT2D eigenvalue weighted by Gasteiger charge is -2.11. The van der Waals surface area contributed by atoms with Crippen molar-refractivity contribution in [3.05, 3.63) is 66.0 Å². The van der Waals surface area contributed by atoms with Crippen LogP contribution in [0.15, 0.2) is 54.8 Å². The molecule has 2 nitrogen and oxygen atoms in total. The molecule has 0 aromatic heterocycles. The monoisotopic (exact) mass is 357 g/mol. The summed E-state index contributed by atoms with van der Waals surface area (Å²) in [6, 6.07) is 6.73. The molecular formula is C15H11BrF3NO. The molecule has 0 atom stereocenters. The average Bonchev–Trinajstić information content (AvgIpc) is 2.45. The van der Waals surface area contributed by atoms with Gasteiger partial charge in [-0.05, 0) is 29.8 Å². The Hall–Kier alpha value is -2.00. The Bertz CT molecular complexity index is 627. The maximum Gasteiger partial charge on any atom is 0.415 e. The molecule has 1 aromatic carbocycles. The first-order chi connectivity index (χ1) is 9.81. The summed E-state index contributed by atoms with van der Waals surface area (Å²) in [6.07, 6.45) is -2.70. The largest absolute Gasteiger partial charge is 0.456 e. The highest BCUT2D eigenvalue weighted by Gasteiger charge is 2.30. The summed E-state index contributed by atoms with van der Waals surface area (Å²) < 4.78 is 42.6. The number of nitriles is 1. The van der Waals surface area contributed by atoms with E-state index in [9.17, 15) is 13.2 Å². The fourth-order valence-corrected chi connectivity index (χ4v) is 1.70. The van der Waals surface area contributed by atoms with Crippen LogP contribution in [0.25, 0.3) is 0 Å². The molecule has 1 aromatic rings. The second-order valence-electron chi connectivity index (χ2n) is 3.95. The van der Waals surface area contributed by atoms with Crippen LogP contribution >= 0.6 is 15.9 Å². The molecule has 110 valence electrons. The van der Waals surface area contributed by atoms with Gasteiger partial charge in [-0.25, -0.2) is 0 Å². The van der Waals surface area contributed by atoms with Gasteiger partial charge in [-0.1, -0.05) is 35.2 Å². The van der Waals surface area contributed by atoms with Crippen molar-refractivity contribution in [2.75, 3.05) is 0 Å². The number of rotatable bonds is 5. The first-order valence-corrected chi connectivity index (χ1v) is 6.81. The molecule has 21 heavy (non-hydrogen) atoms. The van der Waals surface area contributed by atoms with Crippen molar-refractivity contribution in [2.45, 2.75) is 11.5 Å². The van der Waals surface area contributed by atoms with Gasteiger partial charge in [0.2, 0.25) is 0 Å². The molecule has 0 aliphatic rings. The van der Waals surface area contributed by atoms with Gasteiger partial charge in [0.1, 0.15) is 17.6 Å². The van der Waals surface area contributed by atoms with Crippen molar-refractivity contribution >= 4 is 15.9 Å². The lowest BCUT2D eigenvalue weighted by Crippen LogP contribution is -2.10. The van der Waals surface area contributed by atoms with Gasteiger partial charge in [-0.3, -0.25) is 0 Å². The van der Waals surface area contributed by atoms with Gasteiger partial charge in [0, 0.05) is 5.33 Å². The molecule has 0 heterocycles. The number of hydrogen-bond donors (Lipinski definition) is 0. The topological polar surface area (TPSA) is 33.0 Å². The van der Waals surface area contributed by atoms with E-state index in [1.807, 2.05) is 6.07 Å². The van der Waals surface area contributed by atoms with Crippen LogP contribution in [0.2, 0.25) is 0 Å². The molecule has 0 bridgehead atoms. The molecule has 0 N–H and O–H groups in total. The minimum atomic E-state index is -4.55. The zero-order chi connectivity index (χ0) is 16.0. The lowest BCUT2D eigenvalue weighted by molar-refractivity contribution is -0.0880. The van der Waals surface area contributed by atoms with E-state index in [1.165, 1.54) is 6.07 Å². The molecular weight excluding hydrogens is 347 g/mol. The highest BCUT2D eigenvalue weighted by Crippen LogP contribution is 2.28. The van der Waals surface area contributed by atoms with E-state index in [0.717, 1.165) is 17.7 Å². The second-order valence-corrected chi connectivity index (χ2v) is 4.51. The van der Waals surface area contributed by atoms with Gasteiger partial charge in [-0.15, -0.1) is 0 Å². The van der Waals surface area contributed by atoms with Gasteiger partial charge in [0.05, 0.1) is 11.1 Å². The molecule has 0 aliphatic carbocycles. The van der Waals surface area contributed by atoms with Gasteiger partial charge in [0.15, 0.2) is 0 Å². The van der Waals surface area contributed by atoms with Crippen LogP contribution in [-0.4, -0.2) is 6.18 Å². The van der Waals surface area contributed by atoms with E-state index in [-0.39, 0.29) is 17.1 Å². The van der Waals surface area contributed by atoms with Gasteiger partial charge >= 0.3 is 6.18 Å². The SMILES string of the molecule is C=C/C(=C\C(=C)C(F)(F)F)Oc1ccc(CBr)cc1C#N. The summed E-state index contributed by atoms with van der Waals surface area (Å²) in [4.78, 5) is 0.